The summed E-state index contributed by atoms with van der Waals surface area (Å²) in [5.41, 5.74) is -0.925. The molecule has 0 heterocycles. The Labute approximate surface area is 104 Å². The van der Waals surface area contributed by atoms with Crippen LogP contribution in [0.1, 0.15) is 20.3 Å². The molecule has 6 nitrogen and oxygen atoms in total. The Morgan fingerprint density at radius 1 is 1.50 bits per heavy atom. The molecule has 0 aliphatic rings. The molecule has 0 spiro atoms. The van der Waals surface area contributed by atoms with E-state index in [1.165, 1.54) is 18.2 Å². The van der Waals surface area contributed by atoms with E-state index in [1.807, 2.05) is 0 Å². The lowest BCUT2D eigenvalue weighted by atomic mass is 9.90. The van der Waals surface area contributed by atoms with Gasteiger partial charge in [0.1, 0.15) is 5.75 Å². The highest BCUT2D eigenvalue weighted by atomic mass is 16.6. The highest BCUT2D eigenvalue weighted by molar-refractivity contribution is 5.73. The van der Waals surface area contributed by atoms with Gasteiger partial charge in [-0.15, -0.1) is 0 Å². The van der Waals surface area contributed by atoms with Crippen molar-refractivity contribution in [2.24, 2.45) is 5.41 Å². The molecule has 0 amide bonds. The van der Waals surface area contributed by atoms with Crippen LogP contribution in [0.25, 0.3) is 0 Å². The number of carboxylic acids is 1. The van der Waals surface area contributed by atoms with Gasteiger partial charge in [0.25, 0.3) is 5.69 Å². The molecule has 1 aromatic carbocycles. The molecule has 0 saturated heterocycles. The van der Waals surface area contributed by atoms with Crippen LogP contribution in [-0.2, 0) is 4.79 Å². The maximum absolute atomic E-state index is 10.9. The van der Waals surface area contributed by atoms with Crippen molar-refractivity contribution in [3.8, 4) is 5.75 Å². The fraction of sp³-hybridized carbons (Fsp3) is 0.417. The van der Waals surface area contributed by atoms with E-state index in [-0.39, 0.29) is 12.3 Å². The quantitative estimate of drug-likeness (QED) is 0.621. The SMILES string of the molecule is CC(C)(CCOc1cccc([N+](=O)[O-])c1)C(=O)O. The third-order valence-electron chi connectivity index (χ3n) is 2.60. The van der Waals surface area contributed by atoms with Crippen molar-refractivity contribution in [3.63, 3.8) is 0 Å². The number of nitro groups is 1. The number of rotatable bonds is 6. The van der Waals surface area contributed by atoms with Crippen LogP contribution in [-0.4, -0.2) is 22.6 Å². The van der Waals surface area contributed by atoms with Crippen LogP contribution in [0.5, 0.6) is 5.75 Å². The number of ether oxygens (including phenoxy) is 1. The predicted octanol–water partition coefficient (Wildman–Crippen LogP) is 2.47. The molecule has 1 aromatic rings. The molecule has 6 heteroatoms. The van der Waals surface area contributed by atoms with Crippen LogP contribution < -0.4 is 4.74 Å². The van der Waals surface area contributed by atoms with Crippen molar-refractivity contribution in [2.45, 2.75) is 20.3 Å². The van der Waals surface area contributed by atoms with Crippen molar-refractivity contribution >= 4 is 11.7 Å². The lowest BCUT2D eigenvalue weighted by molar-refractivity contribution is -0.384. The number of carboxylic acid groups (broad SMARTS) is 1. The van der Waals surface area contributed by atoms with E-state index in [4.69, 9.17) is 9.84 Å². The number of hydrogen-bond acceptors (Lipinski definition) is 4. The molecule has 0 atom stereocenters. The van der Waals surface area contributed by atoms with Crippen LogP contribution >= 0.6 is 0 Å². The summed E-state index contributed by atoms with van der Waals surface area (Å²) in [5.74, 6) is -0.532. The zero-order chi connectivity index (χ0) is 13.8. The summed E-state index contributed by atoms with van der Waals surface area (Å²) in [6, 6.07) is 5.80. The van der Waals surface area contributed by atoms with E-state index in [0.717, 1.165) is 0 Å². The first-order chi connectivity index (χ1) is 8.33. The molecule has 0 aromatic heterocycles. The number of benzene rings is 1. The van der Waals surface area contributed by atoms with Gasteiger partial charge < -0.3 is 9.84 Å². The summed E-state index contributed by atoms with van der Waals surface area (Å²) in [6.45, 7) is 3.40. The second kappa shape index (κ2) is 5.48. The van der Waals surface area contributed by atoms with Crippen molar-refractivity contribution in [2.75, 3.05) is 6.61 Å². The first-order valence-electron chi connectivity index (χ1n) is 5.43. The van der Waals surface area contributed by atoms with E-state index < -0.39 is 16.3 Å². The van der Waals surface area contributed by atoms with Gasteiger partial charge in [0.15, 0.2) is 0 Å². The van der Waals surface area contributed by atoms with Crippen LogP contribution in [0, 0.1) is 15.5 Å². The Kier molecular flexibility index (Phi) is 4.25. The average molecular weight is 253 g/mol. The average Bonchev–Trinajstić information content (AvgIpc) is 2.29. The van der Waals surface area contributed by atoms with Crippen molar-refractivity contribution in [1.29, 1.82) is 0 Å². The van der Waals surface area contributed by atoms with Crippen LogP contribution in [0.4, 0.5) is 5.69 Å². The molecule has 0 saturated carbocycles. The highest BCUT2D eigenvalue weighted by Gasteiger charge is 2.26. The first kappa shape index (κ1) is 14.0. The standard InChI is InChI=1S/C12H15NO5/c1-12(2,11(14)15)6-7-18-10-5-3-4-9(8-10)13(16)17/h3-5,8H,6-7H2,1-2H3,(H,14,15). The molecule has 0 unspecified atom stereocenters. The molecule has 1 rings (SSSR count). The lowest BCUT2D eigenvalue weighted by Crippen LogP contribution is -2.25. The fourth-order valence-corrected chi connectivity index (χ4v) is 1.22. The Bertz CT molecular complexity index is 456. The van der Waals surface area contributed by atoms with E-state index in [0.29, 0.717) is 12.2 Å². The number of nitro benzene ring substituents is 1. The van der Waals surface area contributed by atoms with Crippen molar-refractivity contribution < 1.29 is 19.6 Å². The van der Waals surface area contributed by atoms with Gasteiger partial charge in [-0.3, -0.25) is 14.9 Å². The molecule has 98 valence electrons. The Morgan fingerprint density at radius 2 is 2.17 bits per heavy atom. The number of nitrogens with zero attached hydrogens (tertiary/aromatic N) is 1. The summed E-state index contributed by atoms with van der Waals surface area (Å²) in [4.78, 5) is 20.9. The third kappa shape index (κ3) is 3.73. The van der Waals surface area contributed by atoms with E-state index >= 15 is 0 Å². The minimum Gasteiger partial charge on any atom is -0.493 e. The van der Waals surface area contributed by atoms with E-state index in [9.17, 15) is 14.9 Å². The van der Waals surface area contributed by atoms with Gasteiger partial charge in [-0.05, 0) is 26.3 Å². The second-order valence-corrected chi connectivity index (χ2v) is 4.54. The highest BCUT2D eigenvalue weighted by Crippen LogP contribution is 2.23. The molecule has 1 N–H and O–H groups in total. The minimum atomic E-state index is -0.898. The van der Waals surface area contributed by atoms with Gasteiger partial charge in [-0.25, -0.2) is 0 Å². The van der Waals surface area contributed by atoms with Gasteiger partial charge in [0.05, 0.1) is 23.0 Å². The summed E-state index contributed by atoms with van der Waals surface area (Å²) in [7, 11) is 0. The summed E-state index contributed by atoms with van der Waals surface area (Å²) in [5, 5.41) is 19.5. The first-order valence-corrected chi connectivity index (χ1v) is 5.43. The number of hydrogen-bond donors (Lipinski definition) is 1. The summed E-state index contributed by atoms with van der Waals surface area (Å²) < 4.78 is 5.32. The summed E-state index contributed by atoms with van der Waals surface area (Å²) >= 11 is 0. The van der Waals surface area contributed by atoms with Gasteiger partial charge in [-0.2, -0.15) is 0 Å². The van der Waals surface area contributed by atoms with Crippen LogP contribution in [0.15, 0.2) is 24.3 Å². The monoisotopic (exact) mass is 253 g/mol. The topological polar surface area (TPSA) is 89.7 Å². The van der Waals surface area contributed by atoms with Crippen LogP contribution in [0.2, 0.25) is 0 Å². The normalized spacial score (nSPS) is 11.0. The van der Waals surface area contributed by atoms with Gasteiger partial charge >= 0.3 is 5.97 Å². The maximum Gasteiger partial charge on any atom is 0.309 e. The van der Waals surface area contributed by atoms with Crippen molar-refractivity contribution in [3.05, 3.63) is 34.4 Å². The third-order valence-corrected chi connectivity index (χ3v) is 2.60. The largest absolute Gasteiger partial charge is 0.493 e. The number of carbonyl (C=O) groups is 1. The molecule has 0 aliphatic heterocycles. The smallest absolute Gasteiger partial charge is 0.309 e. The molecule has 0 radical (unpaired) electrons. The minimum absolute atomic E-state index is 0.0509. The zero-order valence-electron chi connectivity index (χ0n) is 10.3. The second-order valence-electron chi connectivity index (χ2n) is 4.54. The Morgan fingerprint density at radius 3 is 2.72 bits per heavy atom. The van der Waals surface area contributed by atoms with Gasteiger partial charge in [0.2, 0.25) is 0 Å². The number of aliphatic carboxylic acids is 1. The Balaban J connectivity index is 2.57. The molecule has 0 aliphatic carbocycles. The zero-order valence-corrected chi connectivity index (χ0v) is 10.3. The van der Waals surface area contributed by atoms with Crippen molar-refractivity contribution in [1.82, 2.24) is 0 Å². The van der Waals surface area contributed by atoms with Gasteiger partial charge in [0, 0.05) is 6.07 Å². The van der Waals surface area contributed by atoms with Crippen LogP contribution in [0.3, 0.4) is 0 Å². The maximum atomic E-state index is 10.9. The van der Waals surface area contributed by atoms with E-state index in [1.54, 1.807) is 19.9 Å². The molecule has 18 heavy (non-hydrogen) atoms. The Hall–Kier alpha value is -2.11. The molecular weight excluding hydrogens is 238 g/mol. The molecule has 0 fully saturated rings. The number of non-ortho nitro benzene ring substituents is 1. The van der Waals surface area contributed by atoms with E-state index in [2.05, 4.69) is 0 Å². The fourth-order valence-electron chi connectivity index (χ4n) is 1.22. The summed E-state index contributed by atoms with van der Waals surface area (Å²) in [6.07, 6.45) is 0.324. The molecule has 0 bridgehead atoms. The van der Waals surface area contributed by atoms with Gasteiger partial charge in [-0.1, -0.05) is 6.07 Å². The molecular formula is C12H15NO5. The lowest BCUT2D eigenvalue weighted by Gasteiger charge is -2.18. The predicted molar refractivity (Wildman–Crippen MR) is 64.6 cm³/mol.